The fourth-order valence-electron chi connectivity index (χ4n) is 2.70. The number of anilines is 2. The molecule has 1 unspecified atom stereocenters. The predicted molar refractivity (Wildman–Crippen MR) is 79.0 cm³/mol. The van der Waals surface area contributed by atoms with Gasteiger partial charge in [-0.1, -0.05) is 6.07 Å². The van der Waals surface area contributed by atoms with Gasteiger partial charge in [-0.25, -0.2) is 4.79 Å². The van der Waals surface area contributed by atoms with Gasteiger partial charge in [0, 0.05) is 26.1 Å². The molecule has 1 aliphatic heterocycles. The Hall–Kier alpha value is -1.75. The monoisotopic (exact) mass is 278 g/mol. The molecule has 1 aromatic rings. The van der Waals surface area contributed by atoms with Crippen LogP contribution in [0.2, 0.25) is 0 Å². The van der Waals surface area contributed by atoms with Gasteiger partial charge in [-0.3, -0.25) is 0 Å². The summed E-state index contributed by atoms with van der Waals surface area (Å²) in [6, 6.07) is 5.38. The largest absolute Gasteiger partial charge is 0.462 e. The van der Waals surface area contributed by atoms with Crippen LogP contribution in [-0.4, -0.2) is 39.4 Å². The van der Waals surface area contributed by atoms with E-state index in [9.17, 15) is 4.79 Å². The number of carbonyl (C=O) groups excluding carboxylic acids is 1. The van der Waals surface area contributed by atoms with E-state index in [1.165, 1.54) is 0 Å². The summed E-state index contributed by atoms with van der Waals surface area (Å²) in [5, 5.41) is 0. The molecule has 1 aromatic carbocycles. The van der Waals surface area contributed by atoms with Crippen molar-refractivity contribution in [1.29, 1.82) is 0 Å². The van der Waals surface area contributed by atoms with Crippen molar-refractivity contribution in [3.05, 3.63) is 23.8 Å². The lowest BCUT2D eigenvalue weighted by atomic mass is 10.1. The smallest absolute Gasteiger partial charge is 0.340 e. The molecule has 1 atom stereocenters. The number of esters is 1. The van der Waals surface area contributed by atoms with E-state index in [-0.39, 0.29) is 5.97 Å². The van der Waals surface area contributed by atoms with Crippen molar-refractivity contribution in [2.75, 3.05) is 44.0 Å². The third-order valence-electron chi connectivity index (χ3n) is 3.57. The molecule has 0 radical (unpaired) electrons. The summed E-state index contributed by atoms with van der Waals surface area (Å²) in [5.41, 5.74) is 8.04. The lowest BCUT2D eigenvalue weighted by Gasteiger charge is -2.23. The van der Waals surface area contributed by atoms with E-state index < -0.39 is 0 Å². The van der Waals surface area contributed by atoms with Gasteiger partial charge in [0.1, 0.15) is 0 Å². The minimum atomic E-state index is -0.315. The quantitative estimate of drug-likeness (QED) is 0.658. The first kappa shape index (κ1) is 14.7. The number of para-hydroxylation sites is 1. The Morgan fingerprint density at radius 2 is 2.30 bits per heavy atom. The molecule has 1 aliphatic rings. The van der Waals surface area contributed by atoms with Crippen molar-refractivity contribution in [2.45, 2.75) is 13.3 Å². The first-order valence-electron chi connectivity index (χ1n) is 6.96. The summed E-state index contributed by atoms with van der Waals surface area (Å²) in [6.07, 6.45) is 1.05. The Bertz CT molecular complexity index is 476. The van der Waals surface area contributed by atoms with Crippen LogP contribution in [0.15, 0.2) is 18.2 Å². The number of carbonyl (C=O) groups is 1. The molecule has 0 amide bonds. The van der Waals surface area contributed by atoms with Crippen LogP contribution in [0.4, 0.5) is 11.4 Å². The van der Waals surface area contributed by atoms with Gasteiger partial charge in [-0.15, -0.1) is 0 Å². The Labute approximate surface area is 119 Å². The number of hydrogen-bond acceptors (Lipinski definition) is 5. The maximum Gasteiger partial charge on any atom is 0.340 e. The van der Waals surface area contributed by atoms with Crippen molar-refractivity contribution < 1.29 is 14.3 Å². The van der Waals surface area contributed by atoms with Crippen LogP contribution in [0.5, 0.6) is 0 Å². The molecule has 20 heavy (non-hydrogen) atoms. The molecule has 1 saturated heterocycles. The van der Waals surface area contributed by atoms with Crippen LogP contribution in [0.25, 0.3) is 0 Å². The summed E-state index contributed by atoms with van der Waals surface area (Å²) in [6.45, 7) is 4.63. The van der Waals surface area contributed by atoms with Crippen molar-refractivity contribution in [3.63, 3.8) is 0 Å². The van der Waals surface area contributed by atoms with Crippen LogP contribution in [0, 0.1) is 5.92 Å². The van der Waals surface area contributed by atoms with Gasteiger partial charge in [-0.2, -0.15) is 0 Å². The SMILES string of the molecule is CCOC(=O)c1cccc(N)c1N1CCC(COC)C1. The third kappa shape index (κ3) is 3.04. The molecule has 0 saturated carbocycles. The van der Waals surface area contributed by atoms with Gasteiger partial charge in [-0.05, 0) is 25.5 Å². The number of nitrogens with zero attached hydrogens (tertiary/aromatic N) is 1. The molecule has 0 bridgehead atoms. The lowest BCUT2D eigenvalue weighted by molar-refractivity contribution is 0.0527. The molecular weight excluding hydrogens is 256 g/mol. The maximum atomic E-state index is 12.1. The van der Waals surface area contributed by atoms with Crippen molar-refractivity contribution in [1.82, 2.24) is 0 Å². The molecule has 110 valence electrons. The average Bonchev–Trinajstić information content (AvgIpc) is 2.87. The molecule has 1 fully saturated rings. The van der Waals surface area contributed by atoms with Gasteiger partial charge >= 0.3 is 5.97 Å². The molecule has 1 heterocycles. The second-order valence-corrected chi connectivity index (χ2v) is 5.02. The van der Waals surface area contributed by atoms with Crippen LogP contribution >= 0.6 is 0 Å². The summed E-state index contributed by atoms with van der Waals surface area (Å²) in [7, 11) is 1.71. The second-order valence-electron chi connectivity index (χ2n) is 5.02. The van der Waals surface area contributed by atoms with E-state index in [2.05, 4.69) is 4.90 Å². The molecule has 5 heteroatoms. The first-order valence-corrected chi connectivity index (χ1v) is 6.96. The lowest BCUT2D eigenvalue weighted by Crippen LogP contribution is -2.24. The molecule has 0 spiro atoms. The summed E-state index contributed by atoms with van der Waals surface area (Å²) in [5.74, 6) is 0.166. The van der Waals surface area contributed by atoms with E-state index >= 15 is 0 Å². The molecule has 2 N–H and O–H groups in total. The number of nitrogen functional groups attached to an aromatic ring is 1. The van der Waals surface area contributed by atoms with E-state index in [1.54, 1.807) is 26.2 Å². The zero-order valence-corrected chi connectivity index (χ0v) is 12.1. The van der Waals surface area contributed by atoms with Crippen molar-refractivity contribution >= 4 is 17.3 Å². The zero-order chi connectivity index (χ0) is 14.5. The summed E-state index contributed by atoms with van der Waals surface area (Å²) >= 11 is 0. The maximum absolute atomic E-state index is 12.1. The third-order valence-corrected chi connectivity index (χ3v) is 3.57. The normalized spacial score (nSPS) is 18.3. The number of methoxy groups -OCH3 is 1. The minimum absolute atomic E-state index is 0.315. The highest BCUT2D eigenvalue weighted by Gasteiger charge is 2.27. The molecule has 0 aliphatic carbocycles. The Morgan fingerprint density at radius 3 is 3.00 bits per heavy atom. The summed E-state index contributed by atoms with van der Waals surface area (Å²) < 4.78 is 10.3. The Balaban J connectivity index is 2.24. The second kappa shape index (κ2) is 6.61. The topological polar surface area (TPSA) is 64.8 Å². The van der Waals surface area contributed by atoms with Crippen LogP contribution in [0.3, 0.4) is 0 Å². The molecular formula is C15H22N2O3. The molecule has 2 rings (SSSR count). The number of rotatable bonds is 5. The van der Waals surface area contributed by atoms with Crippen LogP contribution in [0.1, 0.15) is 23.7 Å². The van der Waals surface area contributed by atoms with E-state index in [4.69, 9.17) is 15.2 Å². The Kier molecular flexibility index (Phi) is 4.84. The van der Waals surface area contributed by atoms with E-state index in [0.29, 0.717) is 23.8 Å². The van der Waals surface area contributed by atoms with Crippen molar-refractivity contribution in [3.8, 4) is 0 Å². The van der Waals surface area contributed by atoms with Gasteiger partial charge in [0.15, 0.2) is 0 Å². The van der Waals surface area contributed by atoms with E-state index in [1.807, 2.05) is 6.07 Å². The first-order chi connectivity index (χ1) is 9.67. The Morgan fingerprint density at radius 1 is 1.50 bits per heavy atom. The highest BCUT2D eigenvalue weighted by atomic mass is 16.5. The predicted octanol–water partition coefficient (Wildman–Crippen LogP) is 1.92. The average molecular weight is 278 g/mol. The summed E-state index contributed by atoms with van der Waals surface area (Å²) in [4.78, 5) is 14.2. The van der Waals surface area contributed by atoms with Crippen LogP contribution in [-0.2, 0) is 9.47 Å². The zero-order valence-electron chi connectivity index (χ0n) is 12.1. The molecule has 0 aromatic heterocycles. The number of benzene rings is 1. The fraction of sp³-hybridized carbons (Fsp3) is 0.533. The van der Waals surface area contributed by atoms with E-state index in [0.717, 1.165) is 31.8 Å². The van der Waals surface area contributed by atoms with Crippen LogP contribution < -0.4 is 10.6 Å². The number of ether oxygens (including phenoxy) is 2. The van der Waals surface area contributed by atoms with Gasteiger partial charge in [0.25, 0.3) is 0 Å². The fourth-order valence-corrected chi connectivity index (χ4v) is 2.70. The van der Waals surface area contributed by atoms with Gasteiger partial charge in [0.2, 0.25) is 0 Å². The minimum Gasteiger partial charge on any atom is -0.462 e. The standard InChI is InChI=1S/C15H22N2O3/c1-3-20-15(18)12-5-4-6-13(16)14(12)17-8-7-11(9-17)10-19-2/h4-6,11H,3,7-10,16H2,1-2H3. The molecule has 5 nitrogen and oxygen atoms in total. The number of nitrogens with two attached hydrogens (primary N) is 1. The number of hydrogen-bond donors (Lipinski definition) is 1. The highest BCUT2D eigenvalue weighted by molar-refractivity contribution is 5.99. The van der Waals surface area contributed by atoms with Gasteiger partial charge < -0.3 is 20.1 Å². The highest BCUT2D eigenvalue weighted by Crippen LogP contribution is 2.32. The van der Waals surface area contributed by atoms with Gasteiger partial charge in [0.05, 0.1) is 30.2 Å². The van der Waals surface area contributed by atoms with Crippen molar-refractivity contribution in [2.24, 2.45) is 5.92 Å².